The van der Waals surface area contributed by atoms with E-state index in [0.717, 1.165) is 16.7 Å². The molecular formula is C32H25ClN2O5. The van der Waals surface area contributed by atoms with E-state index in [1.54, 1.807) is 61.7 Å². The van der Waals surface area contributed by atoms with Crippen LogP contribution in [0.1, 0.15) is 38.5 Å². The zero-order valence-corrected chi connectivity index (χ0v) is 22.6. The molecule has 4 aromatic carbocycles. The Kier molecular flexibility index (Phi) is 7.63. The van der Waals surface area contributed by atoms with Crippen molar-refractivity contribution in [2.45, 2.75) is 19.4 Å². The standard InChI is InChI=1S/C32H25ClN2O5/c1-19-4-3-5-22(14-19)32(36)39-24-11-12-25-28(16-24)40-31(35)26(17-34)30(25)21-8-13-27(29(15-21)37-2)38-18-20-6-9-23(33)10-7-20/h3-16,30H,18,35H2,1-2H3. The van der Waals surface area contributed by atoms with E-state index in [4.69, 9.17) is 36.3 Å². The van der Waals surface area contributed by atoms with Gasteiger partial charge in [-0.15, -0.1) is 0 Å². The van der Waals surface area contributed by atoms with E-state index in [1.165, 1.54) is 0 Å². The number of rotatable bonds is 7. The van der Waals surface area contributed by atoms with Crippen LogP contribution < -0.4 is 24.7 Å². The molecule has 0 saturated carbocycles. The van der Waals surface area contributed by atoms with Crippen LogP contribution >= 0.6 is 11.6 Å². The molecule has 1 aliphatic heterocycles. The molecule has 1 aliphatic rings. The number of carbonyl (C=O) groups is 1. The van der Waals surface area contributed by atoms with Crippen molar-refractivity contribution in [2.75, 3.05) is 7.11 Å². The maximum atomic E-state index is 12.7. The number of nitrogens with zero attached hydrogens (tertiary/aromatic N) is 1. The normalized spacial score (nSPS) is 14.0. The zero-order valence-electron chi connectivity index (χ0n) is 21.8. The van der Waals surface area contributed by atoms with Crippen LogP contribution in [0.15, 0.2) is 96.4 Å². The van der Waals surface area contributed by atoms with Gasteiger partial charge in [0.15, 0.2) is 11.5 Å². The number of hydrogen-bond donors (Lipinski definition) is 1. The summed E-state index contributed by atoms with van der Waals surface area (Å²) in [6, 6.07) is 27.2. The Morgan fingerprint density at radius 2 is 1.82 bits per heavy atom. The highest BCUT2D eigenvalue weighted by molar-refractivity contribution is 6.30. The first-order chi connectivity index (χ1) is 19.4. The lowest BCUT2D eigenvalue weighted by Gasteiger charge is -2.27. The Bertz CT molecular complexity index is 1660. The van der Waals surface area contributed by atoms with Gasteiger partial charge in [-0.1, -0.05) is 53.6 Å². The Labute approximate surface area is 236 Å². The molecule has 0 spiro atoms. The summed E-state index contributed by atoms with van der Waals surface area (Å²) in [7, 11) is 1.55. The van der Waals surface area contributed by atoms with Gasteiger partial charge in [0.25, 0.3) is 0 Å². The highest BCUT2D eigenvalue weighted by Gasteiger charge is 2.32. The summed E-state index contributed by atoms with van der Waals surface area (Å²) in [6.45, 7) is 2.23. The fourth-order valence-electron chi connectivity index (χ4n) is 4.50. The molecule has 0 amide bonds. The maximum Gasteiger partial charge on any atom is 0.343 e. The van der Waals surface area contributed by atoms with Crippen molar-refractivity contribution in [1.29, 1.82) is 5.26 Å². The van der Waals surface area contributed by atoms with Crippen molar-refractivity contribution in [3.63, 3.8) is 0 Å². The first-order valence-corrected chi connectivity index (χ1v) is 12.8. The molecule has 8 heteroatoms. The van der Waals surface area contributed by atoms with Gasteiger partial charge in [-0.2, -0.15) is 5.26 Å². The fraction of sp³-hybridized carbons (Fsp3) is 0.125. The Balaban J connectivity index is 1.43. The second kappa shape index (κ2) is 11.4. The fourth-order valence-corrected chi connectivity index (χ4v) is 4.63. The lowest BCUT2D eigenvalue weighted by atomic mass is 9.83. The number of hydrogen-bond acceptors (Lipinski definition) is 7. The minimum absolute atomic E-state index is 0.0239. The van der Waals surface area contributed by atoms with Gasteiger partial charge in [-0.25, -0.2) is 4.79 Å². The number of nitriles is 1. The quantitative estimate of drug-likeness (QED) is 0.201. The highest BCUT2D eigenvalue weighted by atomic mass is 35.5. The van der Waals surface area contributed by atoms with E-state index >= 15 is 0 Å². The Morgan fingerprint density at radius 3 is 2.55 bits per heavy atom. The van der Waals surface area contributed by atoms with Crippen molar-refractivity contribution in [3.8, 4) is 29.1 Å². The summed E-state index contributed by atoms with van der Waals surface area (Å²) in [5, 5.41) is 10.6. The number of fused-ring (bicyclic) bond motifs is 1. The van der Waals surface area contributed by atoms with Crippen LogP contribution in [0.5, 0.6) is 23.0 Å². The summed E-state index contributed by atoms with van der Waals surface area (Å²) in [6.07, 6.45) is 0. The van der Waals surface area contributed by atoms with Gasteiger partial charge in [0, 0.05) is 16.7 Å². The minimum Gasteiger partial charge on any atom is -0.493 e. The molecule has 1 atom stereocenters. The third-order valence-corrected chi connectivity index (χ3v) is 6.74. The minimum atomic E-state index is -0.533. The van der Waals surface area contributed by atoms with Gasteiger partial charge in [-0.05, 0) is 60.5 Å². The molecule has 0 fully saturated rings. The molecule has 2 N–H and O–H groups in total. The van der Waals surface area contributed by atoms with Crippen LogP contribution in [0.4, 0.5) is 0 Å². The molecule has 4 aromatic rings. The number of methoxy groups -OCH3 is 1. The molecule has 0 bridgehead atoms. The van der Waals surface area contributed by atoms with E-state index in [-0.39, 0.29) is 11.5 Å². The molecule has 0 radical (unpaired) electrons. The largest absolute Gasteiger partial charge is 0.493 e. The van der Waals surface area contributed by atoms with Crippen LogP contribution in [0, 0.1) is 18.3 Å². The predicted molar refractivity (Wildman–Crippen MR) is 151 cm³/mol. The highest BCUT2D eigenvalue weighted by Crippen LogP contribution is 2.45. The number of ether oxygens (including phenoxy) is 4. The summed E-state index contributed by atoms with van der Waals surface area (Å²) < 4.78 is 23.0. The van der Waals surface area contributed by atoms with E-state index < -0.39 is 11.9 Å². The van der Waals surface area contributed by atoms with Gasteiger partial charge in [0.2, 0.25) is 5.88 Å². The van der Waals surface area contributed by atoms with Crippen LogP contribution in [-0.4, -0.2) is 13.1 Å². The number of halogens is 1. The average Bonchev–Trinajstić information content (AvgIpc) is 2.96. The van der Waals surface area contributed by atoms with Crippen LogP contribution in [-0.2, 0) is 6.61 Å². The molecular weight excluding hydrogens is 528 g/mol. The van der Waals surface area contributed by atoms with Crippen molar-refractivity contribution < 1.29 is 23.7 Å². The zero-order chi connectivity index (χ0) is 28.2. The van der Waals surface area contributed by atoms with Gasteiger partial charge < -0.3 is 24.7 Å². The third kappa shape index (κ3) is 5.58. The number of nitrogens with two attached hydrogens (primary N) is 1. The van der Waals surface area contributed by atoms with Crippen LogP contribution in [0.2, 0.25) is 5.02 Å². The molecule has 200 valence electrons. The molecule has 0 saturated heterocycles. The van der Waals surface area contributed by atoms with Crippen molar-refractivity contribution >= 4 is 17.6 Å². The predicted octanol–water partition coefficient (Wildman–Crippen LogP) is 6.67. The topological polar surface area (TPSA) is 104 Å². The first kappa shape index (κ1) is 26.7. The number of allylic oxidation sites excluding steroid dienone is 1. The smallest absolute Gasteiger partial charge is 0.343 e. The van der Waals surface area contributed by atoms with Crippen molar-refractivity contribution in [1.82, 2.24) is 0 Å². The van der Waals surface area contributed by atoms with Crippen LogP contribution in [0.3, 0.4) is 0 Å². The average molecular weight is 553 g/mol. The summed E-state index contributed by atoms with van der Waals surface area (Å²) >= 11 is 5.97. The third-order valence-electron chi connectivity index (χ3n) is 6.48. The molecule has 0 aliphatic carbocycles. The van der Waals surface area contributed by atoms with E-state index in [2.05, 4.69) is 6.07 Å². The second-order valence-corrected chi connectivity index (χ2v) is 9.65. The SMILES string of the molecule is COc1cc(C2C(C#N)=C(N)Oc3cc(OC(=O)c4cccc(C)c4)ccc32)ccc1OCc1ccc(Cl)cc1. The van der Waals surface area contributed by atoms with Gasteiger partial charge in [0.1, 0.15) is 29.7 Å². The summed E-state index contributed by atoms with van der Waals surface area (Å²) in [5.41, 5.74) is 10.2. The molecule has 1 heterocycles. The first-order valence-electron chi connectivity index (χ1n) is 12.4. The lowest BCUT2D eigenvalue weighted by molar-refractivity contribution is 0.0734. The van der Waals surface area contributed by atoms with E-state index in [1.807, 2.05) is 37.3 Å². The van der Waals surface area contributed by atoms with Crippen molar-refractivity contribution in [2.24, 2.45) is 5.73 Å². The number of benzene rings is 4. The number of carbonyl (C=O) groups excluding carboxylic acids is 1. The van der Waals surface area contributed by atoms with Gasteiger partial charge in [-0.3, -0.25) is 0 Å². The van der Waals surface area contributed by atoms with E-state index in [9.17, 15) is 10.1 Å². The van der Waals surface area contributed by atoms with Crippen molar-refractivity contribution in [3.05, 3.63) is 129 Å². The monoisotopic (exact) mass is 552 g/mol. The Morgan fingerprint density at radius 1 is 1.02 bits per heavy atom. The van der Waals surface area contributed by atoms with E-state index in [0.29, 0.717) is 45.8 Å². The molecule has 5 rings (SSSR count). The molecule has 7 nitrogen and oxygen atoms in total. The molecule has 1 unspecified atom stereocenters. The second-order valence-electron chi connectivity index (χ2n) is 9.21. The summed E-state index contributed by atoms with van der Waals surface area (Å²) in [4.78, 5) is 12.7. The van der Waals surface area contributed by atoms with Gasteiger partial charge >= 0.3 is 5.97 Å². The summed E-state index contributed by atoms with van der Waals surface area (Å²) in [5.74, 6) is 0.676. The van der Waals surface area contributed by atoms with Gasteiger partial charge in [0.05, 0.1) is 18.6 Å². The maximum absolute atomic E-state index is 12.7. The number of aryl methyl sites for hydroxylation is 1. The number of esters is 1. The molecule has 40 heavy (non-hydrogen) atoms. The lowest BCUT2D eigenvalue weighted by Crippen LogP contribution is -2.21. The Hall–Kier alpha value is -4.93. The van der Waals surface area contributed by atoms with Crippen LogP contribution in [0.25, 0.3) is 0 Å². The molecule has 0 aromatic heterocycles.